The molecule has 2 aromatic carbocycles. The van der Waals surface area contributed by atoms with Crippen LogP contribution in [-0.4, -0.2) is 13.2 Å². The average molecular weight is 300 g/mol. The second-order valence-electron chi connectivity index (χ2n) is 3.89. The molecule has 0 heterocycles. The zero-order valence-corrected chi connectivity index (χ0v) is 11.5. The van der Waals surface area contributed by atoms with Gasteiger partial charge in [0.2, 0.25) is 0 Å². The third-order valence-corrected chi connectivity index (χ3v) is 2.80. The highest BCUT2D eigenvalue weighted by molar-refractivity contribution is 6.34. The van der Waals surface area contributed by atoms with Gasteiger partial charge in [-0.3, -0.25) is 0 Å². The van der Waals surface area contributed by atoms with Crippen LogP contribution in [0.1, 0.15) is 0 Å². The number of ether oxygens (including phenoxy) is 1. The first kappa shape index (κ1) is 14.0. The van der Waals surface area contributed by atoms with Crippen molar-refractivity contribution in [1.29, 1.82) is 0 Å². The van der Waals surface area contributed by atoms with E-state index < -0.39 is 0 Å². The third-order valence-electron chi connectivity index (χ3n) is 2.36. The van der Waals surface area contributed by atoms with Gasteiger partial charge in [0.25, 0.3) is 0 Å². The highest BCUT2D eigenvalue weighted by Gasteiger charge is 1.99. The van der Waals surface area contributed by atoms with E-state index in [1.807, 2.05) is 0 Å². The molecule has 1 N–H and O–H groups in total. The van der Waals surface area contributed by atoms with Gasteiger partial charge in [0, 0.05) is 22.3 Å². The zero-order chi connectivity index (χ0) is 13.7. The lowest BCUT2D eigenvalue weighted by Gasteiger charge is -2.09. The second-order valence-corrected chi connectivity index (χ2v) is 4.76. The summed E-state index contributed by atoms with van der Waals surface area (Å²) in [5, 5.41) is 4.11. The molecule has 0 aliphatic rings. The Balaban J connectivity index is 1.80. The van der Waals surface area contributed by atoms with Crippen molar-refractivity contribution in [3.05, 3.63) is 58.3 Å². The Hall–Kier alpha value is -1.45. The number of anilines is 1. The number of halogens is 3. The lowest BCUT2D eigenvalue weighted by Crippen LogP contribution is -2.11. The molecule has 0 radical (unpaired) electrons. The van der Waals surface area contributed by atoms with Gasteiger partial charge in [-0.15, -0.1) is 0 Å². The van der Waals surface area contributed by atoms with Crippen LogP contribution in [0.25, 0.3) is 0 Å². The molecule has 5 heteroatoms. The maximum atomic E-state index is 12.9. The van der Waals surface area contributed by atoms with E-state index >= 15 is 0 Å². The van der Waals surface area contributed by atoms with Crippen LogP contribution >= 0.6 is 23.2 Å². The molecule has 2 rings (SSSR count). The largest absolute Gasteiger partial charge is 0.492 e. The van der Waals surface area contributed by atoms with E-state index in [2.05, 4.69) is 5.32 Å². The first-order valence-electron chi connectivity index (χ1n) is 5.72. The lowest BCUT2D eigenvalue weighted by molar-refractivity contribution is 0.333. The molecule has 0 fully saturated rings. The molecule has 19 heavy (non-hydrogen) atoms. The standard InChI is InChI=1S/C14H12Cl2FNO/c15-10-6-11(16)8-14(7-10)19-5-4-18-13-3-1-2-12(17)9-13/h1-3,6-9,18H,4-5H2. The molecule has 2 nitrogen and oxygen atoms in total. The molecular formula is C14H12Cl2FNO. The molecule has 0 aliphatic heterocycles. The van der Waals surface area contributed by atoms with Crippen molar-refractivity contribution >= 4 is 28.9 Å². The summed E-state index contributed by atoms with van der Waals surface area (Å²) in [6.07, 6.45) is 0. The van der Waals surface area contributed by atoms with Crippen molar-refractivity contribution in [2.45, 2.75) is 0 Å². The van der Waals surface area contributed by atoms with Crippen molar-refractivity contribution in [3.63, 3.8) is 0 Å². The number of benzene rings is 2. The van der Waals surface area contributed by atoms with E-state index in [0.29, 0.717) is 34.6 Å². The maximum Gasteiger partial charge on any atom is 0.125 e. The van der Waals surface area contributed by atoms with Crippen LogP contribution in [0.2, 0.25) is 10.0 Å². The molecule has 0 bridgehead atoms. The van der Waals surface area contributed by atoms with Crippen molar-refractivity contribution in [2.24, 2.45) is 0 Å². The van der Waals surface area contributed by atoms with Crippen LogP contribution in [0.15, 0.2) is 42.5 Å². The van der Waals surface area contributed by atoms with Crippen molar-refractivity contribution in [1.82, 2.24) is 0 Å². The van der Waals surface area contributed by atoms with Gasteiger partial charge in [-0.1, -0.05) is 29.3 Å². The Bertz CT molecular complexity index is 543. The molecular weight excluding hydrogens is 288 g/mol. The van der Waals surface area contributed by atoms with Gasteiger partial charge in [-0.05, 0) is 36.4 Å². The quantitative estimate of drug-likeness (QED) is 0.813. The lowest BCUT2D eigenvalue weighted by atomic mass is 10.3. The fourth-order valence-electron chi connectivity index (χ4n) is 1.57. The number of nitrogens with one attached hydrogen (secondary N) is 1. The number of hydrogen-bond donors (Lipinski definition) is 1. The molecule has 0 atom stereocenters. The van der Waals surface area contributed by atoms with Crippen molar-refractivity contribution in [2.75, 3.05) is 18.5 Å². The summed E-state index contributed by atoms with van der Waals surface area (Å²) in [6, 6.07) is 11.3. The Morgan fingerprint density at radius 2 is 1.79 bits per heavy atom. The molecule has 0 unspecified atom stereocenters. The summed E-state index contributed by atoms with van der Waals surface area (Å²) < 4.78 is 18.4. The van der Waals surface area contributed by atoms with E-state index in [1.165, 1.54) is 12.1 Å². The van der Waals surface area contributed by atoms with Gasteiger partial charge in [-0.2, -0.15) is 0 Å². The van der Waals surface area contributed by atoms with Crippen molar-refractivity contribution in [3.8, 4) is 5.75 Å². The Morgan fingerprint density at radius 3 is 2.47 bits per heavy atom. The smallest absolute Gasteiger partial charge is 0.125 e. The van der Waals surface area contributed by atoms with E-state index in [1.54, 1.807) is 30.3 Å². The molecule has 0 saturated carbocycles. The summed E-state index contributed by atoms with van der Waals surface area (Å²) in [7, 11) is 0. The second kappa shape index (κ2) is 6.64. The van der Waals surface area contributed by atoms with E-state index in [0.717, 1.165) is 0 Å². The minimum Gasteiger partial charge on any atom is -0.492 e. The van der Waals surface area contributed by atoms with Crippen LogP contribution < -0.4 is 10.1 Å². The Kier molecular flexibility index (Phi) is 4.88. The molecule has 0 spiro atoms. The van der Waals surface area contributed by atoms with Gasteiger partial charge < -0.3 is 10.1 Å². The highest BCUT2D eigenvalue weighted by Crippen LogP contribution is 2.24. The molecule has 100 valence electrons. The van der Waals surface area contributed by atoms with E-state index in [9.17, 15) is 4.39 Å². The van der Waals surface area contributed by atoms with Gasteiger partial charge in [-0.25, -0.2) is 4.39 Å². The summed E-state index contributed by atoms with van der Waals surface area (Å²) in [4.78, 5) is 0. The fourth-order valence-corrected chi connectivity index (χ4v) is 2.08. The highest BCUT2D eigenvalue weighted by atomic mass is 35.5. The van der Waals surface area contributed by atoms with Crippen LogP contribution in [0.4, 0.5) is 10.1 Å². The Labute approximate surface area is 121 Å². The van der Waals surface area contributed by atoms with Crippen LogP contribution in [0.3, 0.4) is 0 Å². The van der Waals surface area contributed by atoms with Crippen LogP contribution in [0, 0.1) is 5.82 Å². The molecule has 2 aromatic rings. The van der Waals surface area contributed by atoms with E-state index in [-0.39, 0.29) is 5.82 Å². The maximum absolute atomic E-state index is 12.9. The zero-order valence-electron chi connectivity index (χ0n) is 10.00. The van der Waals surface area contributed by atoms with Crippen LogP contribution in [-0.2, 0) is 0 Å². The summed E-state index contributed by atoms with van der Waals surface area (Å²) in [5.74, 6) is 0.339. The predicted molar refractivity (Wildman–Crippen MR) is 76.8 cm³/mol. The molecule has 0 amide bonds. The topological polar surface area (TPSA) is 21.3 Å². The van der Waals surface area contributed by atoms with Gasteiger partial charge >= 0.3 is 0 Å². The third kappa shape index (κ3) is 4.62. The summed E-state index contributed by atoms with van der Waals surface area (Å²) >= 11 is 11.7. The van der Waals surface area contributed by atoms with Gasteiger partial charge in [0.05, 0.1) is 0 Å². The SMILES string of the molecule is Fc1cccc(NCCOc2cc(Cl)cc(Cl)c2)c1. The van der Waals surface area contributed by atoms with Crippen LogP contribution in [0.5, 0.6) is 5.75 Å². The molecule has 0 saturated heterocycles. The first-order chi connectivity index (χ1) is 9.13. The molecule has 0 aromatic heterocycles. The number of hydrogen-bond acceptors (Lipinski definition) is 2. The predicted octanol–water partition coefficient (Wildman–Crippen LogP) is 4.62. The fraction of sp³-hybridized carbons (Fsp3) is 0.143. The normalized spacial score (nSPS) is 10.3. The monoisotopic (exact) mass is 299 g/mol. The van der Waals surface area contributed by atoms with Gasteiger partial charge in [0.1, 0.15) is 18.2 Å². The van der Waals surface area contributed by atoms with Gasteiger partial charge in [0.15, 0.2) is 0 Å². The van der Waals surface area contributed by atoms with Crippen molar-refractivity contribution < 1.29 is 9.13 Å². The summed E-state index contributed by atoms with van der Waals surface area (Å²) in [6.45, 7) is 0.973. The van der Waals surface area contributed by atoms with E-state index in [4.69, 9.17) is 27.9 Å². The average Bonchev–Trinajstić information content (AvgIpc) is 2.34. The Morgan fingerprint density at radius 1 is 1.05 bits per heavy atom. The minimum absolute atomic E-state index is 0.271. The minimum atomic E-state index is -0.271. The molecule has 0 aliphatic carbocycles. The summed E-state index contributed by atoms with van der Waals surface area (Å²) in [5.41, 5.74) is 0.715. The first-order valence-corrected chi connectivity index (χ1v) is 6.47. The number of rotatable bonds is 5.